The molecule has 3 aromatic rings. The van der Waals surface area contributed by atoms with Crippen LogP contribution in [0.3, 0.4) is 0 Å². The highest BCUT2D eigenvalue weighted by Gasteiger charge is 2.13. The molecule has 0 saturated heterocycles. The molecule has 3 aromatic carbocycles. The molecule has 0 bridgehead atoms. The van der Waals surface area contributed by atoms with Crippen LogP contribution in [-0.4, -0.2) is 6.54 Å². The summed E-state index contributed by atoms with van der Waals surface area (Å²) in [6.45, 7) is 0.691. The number of hydrogen-bond donors (Lipinski definition) is 2. The van der Waals surface area contributed by atoms with Gasteiger partial charge in [-0.05, 0) is 52.6 Å². The molecule has 0 amide bonds. The van der Waals surface area contributed by atoms with E-state index in [1.54, 1.807) is 0 Å². The molecule has 4 N–H and O–H groups in total. The zero-order chi connectivity index (χ0) is 13.9. The molecular weight excluding hydrogens is 280 g/mol. The van der Waals surface area contributed by atoms with Crippen molar-refractivity contribution >= 4 is 34.0 Å². The van der Waals surface area contributed by atoms with Crippen molar-refractivity contribution in [3.05, 3.63) is 60.2 Å². The lowest BCUT2D eigenvalue weighted by Crippen LogP contribution is -2.13. The highest BCUT2D eigenvalue weighted by molar-refractivity contribution is 6.02. The molecule has 1 atom stereocenters. The van der Waals surface area contributed by atoms with E-state index in [9.17, 15) is 0 Å². The summed E-state index contributed by atoms with van der Waals surface area (Å²) < 4.78 is 0. The predicted molar refractivity (Wildman–Crippen MR) is 93.9 cm³/mol. The molecule has 0 unspecified atom stereocenters. The molecule has 21 heavy (non-hydrogen) atoms. The van der Waals surface area contributed by atoms with Crippen LogP contribution in [0, 0.1) is 0 Å². The van der Waals surface area contributed by atoms with E-state index in [0.29, 0.717) is 6.54 Å². The average Bonchev–Trinajstić information content (AvgIpc) is 2.50. The van der Waals surface area contributed by atoms with E-state index in [0.717, 1.165) is 12.8 Å². The number of fused-ring (bicyclic) bond motifs is 2. The Morgan fingerprint density at radius 3 is 1.90 bits per heavy atom. The summed E-state index contributed by atoms with van der Waals surface area (Å²) in [6, 6.07) is 19.2. The second-order valence-corrected chi connectivity index (χ2v) is 5.27. The lowest BCUT2D eigenvalue weighted by Gasteiger charge is -2.17. The molecule has 0 aliphatic rings. The minimum Gasteiger partial charge on any atom is -0.330 e. The minimum atomic E-state index is 0. The van der Waals surface area contributed by atoms with Crippen molar-refractivity contribution < 1.29 is 0 Å². The number of benzene rings is 3. The van der Waals surface area contributed by atoms with Crippen LogP contribution in [-0.2, 0) is 0 Å². The highest BCUT2D eigenvalue weighted by Crippen LogP contribution is 2.33. The largest absolute Gasteiger partial charge is 0.330 e. The summed E-state index contributed by atoms with van der Waals surface area (Å²) in [7, 11) is 0. The molecule has 0 radical (unpaired) electrons. The van der Waals surface area contributed by atoms with Gasteiger partial charge >= 0.3 is 0 Å². The summed E-state index contributed by atoms with van der Waals surface area (Å²) in [5.74, 6) is 0. The summed E-state index contributed by atoms with van der Waals surface area (Å²) in [4.78, 5) is 0. The number of nitrogens with two attached hydrogens (primary N) is 2. The number of rotatable bonds is 4. The topological polar surface area (TPSA) is 52.0 Å². The van der Waals surface area contributed by atoms with Gasteiger partial charge in [-0.15, -0.1) is 12.4 Å². The van der Waals surface area contributed by atoms with Gasteiger partial charge in [0.1, 0.15) is 0 Å². The zero-order valence-electron chi connectivity index (χ0n) is 12.0. The quantitative estimate of drug-likeness (QED) is 0.711. The first-order valence-electron chi connectivity index (χ1n) is 7.17. The van der Waals surface area contributed by atoms with E-state index in [-0.39, 0.29) is 18.4 Å². The molecule has 3 heteroatoms. The van der Waals surface area contributed by atoms with E-state index >= 15 is 0 Å². The van der Waals surface area contributed by atoms with Crippen molar-refractivity contribution in [2.45, 2.75) is 18.9 Å². The molecule has 0 aromatic heterocycles. The van der Waals surface area contributed by atoms with Crippen molar-refractivity contribution in [1.82, 2.24) is 0 Å². The molecule has 0 fully saturated rings. The highest BCUT2D eigenvalue weighted by atomic mass is 35.5. The average molecular weight is 301 g/mol. The molecule has 2 nitrogen and oxygen atoms in total. The lowest BCUT2D eigenvalue weighted by atomic mass is 9.91. The maximum atomic E-state index is 6.46. The third-order valence-corrected chi connectivity index (χ3v) is 3.90. The van der Waals surface area contributed by atoms with Crippen LogP contribution in [0.1, 0.15) is 24.4 Å². The van der Waals surface area contributed by atoms with Crippen LogP contribution < -0.4 is 11.5 Å². The minimum absolute atomic E-state index is 0. The molecule has 0 aliphatic heterocycles. The van der Waals surface area contributed by atoms with Gasteiger partial charge in [-0.1, -0.05) is 48.5 Å². The van der Waals surface area contributed by atoms with Crippen molar-refractivity contribution in [2.24, 2.45) is 11.5 Å². The van der Waals surface area contributed by atoms with Gasteiger partial charge < -0.3 is 11.5 Å². The Balaban J connectivity index is 0.00000161. The summed E-state index contributed by atoms with van der Waals surface area (Å²) in [5.41, 5.74) is 13.3. The van der Waals surface area contributed by atoms with E-state index in [4.69, 9.17) is 11.5 Å². The predicted octanol–water partition coefficient (Wildman–Crippen LogP) is 4.15. The second-order valence-electron chi connectivity index (χ2n) is 5.27. The molecule has 3 rings (SSSR count). The van der Waals surface area contributed by atoms with Crippen molar-refractivity contribution in [1.29, 1.82) is 0 Å². The summed E-state index contributed by atoms with van der Waals surface area (Å²) >= 11 is 0. The van der Waals surface area contributed by atoms with Crippen LogP contribution >= 0.6 is 12.4 Å². The van der Waals surface area contributed by atoms with Crippen LogP contribution in [0.4, 0.5) is 0 Å². The van der Waals surface area contributed by atoms with Crippen molar-refractivity contribution in [3.8, 4) is 0 Å². The Bertz CT molecular complexity index is 685. The van der Waals surface area contributed by atoms with Gasteiger partial charge in [0.25, 0.3) is 0 Å². The normalized spacial score (nSPS) is 12.3. The van der Waals surface area contributed by atoms with Crippen LogP contribution in [0.2, 0.25) is 0 Å². The van der Waals surface area contributed by atoms with Gasteiger partial charge in [0.2, 0.25) is 0 Å². The van der Waals surface area contributed by atoms with E-state index < -0.39 is 0 Å². The first kappa shape index (κ1) is 15.8. The van der Waals surface area contributed by atoms with Crippen molar-refractivity contribution in [2.75, 3.05) is 6.54 Å². The Morgan fingerprint density at radius 1 is 0.857 bits per heavy atom. The number of halogens is 1. The van der Waals surface area contributed by atoms with Gasteiger partial charge in [0.15, 0.2) is 0 Å². The van der Waals surface area contributed by atoms with Gasteiger partial charge in [0, 0.05) is 6.04 Å². The van der Waals surface area contributed by atoms with Crippen molar-refractivity contribution in [3.63, 3.8) is 0 Å². The van der Waals surface area contributed by atoms with Gasteiger partial charge in [0.05, 0.1) is 0 Å². The molecule has 0 spiro atoms. The molecule has 0 saturated carbocycles. The second kappa shape index (κ2) is 6.90. The Kier molecular flexibility index (Phi) is 5.18. The molecule has 0 aliphatic carbocycles. The summed E-state index contributed by atoms with van der Waals surface area (Å²) in [6.07, 6.45) is 1.88. The fourth-order valence-electron chi connectivity index (χ4n) is 2.93. The molecule has 0 heterocycles. The fourth-order valence-corrected chi connectivity index (χ4v) is 2.93. The van der Waals surface area contributed by atoms with Gasteiger partial charge in [-0.3, -0.25) is 0 Å². The third kappa shape index (κ3) is 3.03. The first-order valence-corrected chi connectivity index (χ1v) is 7.17. The Morgan fingerprint density at radius 2 is 1.38 bits per heavy atom. The van der Waals surface area contributed by atoms with Gasteiger partial charge in [-0.25, -0.2) is 0 Å². The maximum absolute atomic E-state index is 6.46. The zero-order valence-corrected chi connectivity index (χ0v) is 12.8. The molecule has 110 valence electrons. The van der Waals surface area contributed by atoms with Crippen LogP contribution in [0.25, 0.3) is 21.5 Å². The molecular formula is C18H21ClN2. The summed E-state index contributed by atoms with van der Waals surface area (Å²) in [5, 5.41) is 5.03. The number of hydrogen-bond acceptors (Lipinski definition) is 2. The monoisotopic (exact) mass is 300 g/mol. The maximum Gasteiger partial charge on any atom is 0.0307 e. The fraction of sp³-hybridized carbons (Fsp3) is 0.222. The SMILES string of the molecule is Cl.NCCC[C@@H](N)c1c2ccccc2cc2ccccc12. The Labute approximate surface area is 131 Å². The van der Waals surface area contributed by atoms with E-state index in [1.807, 2.05) is 0 Å². The smallest absolute Gasteiger partial charge is 0.0307 e. The van der Waals surface area contributed by atoms with Crippen LogP contribution in [0.5, 0.6) is 0 Å². The first-order chi connectivity index (χ1) is 9.81. The van der Waals surface area contributed by atoms with E-state index in [2.05, 4.69) is 54.6 Å². The third-order valence-electron chi connectivity index (χ3n) is 3.90. The Hall–Kier alpha value is -1.61. The lowest BCUT2D eigenvalue weighted by molar-refractivity contribution is 0.625. The van der Waals surface area contributed by atoms with Gasteiger partial charge in [-0.2, -0.15) is 0 Å². The van der Waals surface area contributed by atoms with E-state index in [1.165, 1.54) is 27.1 Å². The van der Waals surface area contributed by atoms with Crippen LogP contribution in [0.15, 0.2) is 54.6 Å². The standard InChI is InChI=1S/C18H20N2.ClH/c19-11-5-10-17(20)18-15-8-3-1-6-13(15)12-14-7-2-4-9-16(14)18;/h1-4,6-9,12,17H,5,10-11,19-20H2;1H/t17-;/m1./s1.